The smallest absolute Gasteiger partial charge is 0.337 e. The van der Waals surface area contributed by atoms with Gasteiger partial charge >= 0.3 is 11.9 Å². The molecule has 38 heavy (non-hydrogen) atoms. The van der Waals surface area contributed by atoms with Gasteiger partial charge in [0.2, 0.25) is 0 Å². The van der Waals surface area contributed by atoms with Crippen LogP contribution in [0.4, 0.5) is 5.69 Å². The number of nitrogens with one attached hydrogen (secondary N) is 1. The van der Waals surface area contributed by atoms with Crippen molar-refractivity contribution >= 4 is 17.6 Å². The summed E-state index contributed by atoms with van der Waals surface area (Å²) in [6.45, 7) is 2.31. The third-order valence-corrected chi connectivity index (χ3v) is 6.09. The zero-order chi connectivity index (χ0) is 27.2. The van der Waals surface area contributed by atoms with Gasteiger partial charge in [0.05, 0.1) is 41.8 Å². The predicted octanol–water partition coefficient (Wildman–Crippen LogP) is 3.07. The lowest BCUT2D eigenvalue weighted by molar-refractivity contribution is -0.384. The minimum absolute atomic E-state index is 0.0246. The van der Waals surface area contributed by atoms with Crippen LogP contribution in [-0.4, -0.2) is 49.9 Å². The van der Waals surface area contributed by atoms with E-state index >= 15 is 0 Å². The average molecular weight is 520 g/mol. The summed E-state index contributed by atoms with van der Waals surface area (Å²) in [4.78, 5) is 36.8. The van der Waals surface area contributed by atoms with Crippen LogP contribution in [-0.2, 0) is 30.2 Å². The summed E-state index contributed by atoms with van der Waals surface area (Å²) in [5.74, 6) is -2.15. The Morgan fingerprint density at radius 2 is 1.89 bits per heavy atom. The molecule has 0 bridgehead atoms. The number of allylic oxidation sites excluding steroid dienone is 2. The van der Waals surface area contributed by atoms with Gasteiger partial charge < -0.3 is 24.3 Å². The quantitative estimate of drug-likeness (QED) is 0.163. The van der Waals surface area contributed by atoms with E-state index < -0.39 is 22.8 Å². The molecular weight excluding hydrogens is 494 g/mol. The summed E-state index contributed by atoms with van der Waals surface area (Å²) in [6, 6.07) is 15.0. The second-order valence-corrected chi connectivity index (χ2v) is 8.63. The Hall–Kier alpha value is -4.69. The van der Waals surface area contributed by atoms with E-state index in [1.54, 1.807) is 6.92 Å². The number of carbonyl (C=O) groups excluding carboxylic acids is 2. The van der Waals surface area contributed by atoms with E-state index in [0.717, 1.165) is 25.7 Å². The van der Waals surface area contributed by atoms with Crippen LogP contribution < -0.4 is 10.1 Å². The van der Waals surface area contributed by atoms with Gasteiger partial charge in [-0.2, -0.15) is 5.26 Å². The monoisotopic (exact) mass is 519 g/mol. The number of esters is 2. The first-order valence-electron chi connectivity index (χ1n) is 11.8. The highest BCUT2D eigenvalue weighted by molar-refractivity contribution is 6.00. The van der Waals surface area contributed by atoms with Crippen LogP contribution in [0.1, 0.15) is 24.0 Å². The van der Waals surface area contributed by atoms with E-state index in [1.165, 1.54) is 24.3 Å². The standard InChI is InChI=1S/C27H25N3O8/c1-16-23(27(32)37-11-10-36-20-8-6-17(7-9-20)12-21-15-38-21)24(18-4-3-5-19(13-18)30(33)34)25(26(31)35-2)22(14-28)29-16/h3-9,13,21,24,29H,10-12,15H2,1-2H3. The minimum Gasteiger partial charge on any atom is -0.490 e. The SMILES string of the molecule is COC(=O)C1=C(C#N)NC(C)=C(C(=O)OCCOc2ccc(CC3CO3)cc2)C1c1cccc([N+](=O)[O-])c1. The van der Waals surface area contributed by atoms with Gasteiger partial charge in [-0.1, -0.05) is 24.3 Å². The first kappa shape index (κ1) is 26.4. The van der Waals surface area contributed by atoms with E-state index in [9.17, 15) is 25.0 Å². The molecule has 1 saturated heterocycles. The zero-order valence-corrected chi connectivity index (χ0v) is 20.8. The molecule has 0 radical (unpaired) electrons. The Morgan fingerprint density at radius 3 is 2.53 bits per heavy atom. The molecule has 0 aliphatic carbocycles. The number of nitro benzene ring substituents is 1. The third-order valence-electron chi connectivity index (χ3n) is 6.09. The minimum atomic E-state index is -1.13. The maximum absolute atomic E-state index is 13.2. The Labute approximate surface area is 218 Å². The number of nitrogens with zero attached hydrogens (tertiary/aromatic N) is 2. The number of non-ortho nitro benzene ring substituents is 1. The molecule has 2 heterocycles. The van der Waals surface area contributed by atoms with Crippen LogP contribution in [0.25, 0.3) is 0 Å². The largest absolute Gasteiger partial charge is 0.490 e. The normalized spacial score (nSPS) is 18.2. The molecule has 2 unspecified atom stereocenters. The molecule has 2 aromatic rings. The van der Waals surface area contributed by atoms with Gasteiger partial charge in [0.25, 0.3) is 5.69 Å². The number of rotatable bonds is 10. The molecule has 2 atom stereocenters. The number of epoxide rings is 1. The molecule has 2 aliphatic heterocycles. The Bertz CT molecular complexity index is 1350. The molecule has 196 valence electrons. The second-order valence-electron chi connectivity index (χ2n) is 8.63. The van der Waals surface area contributed by atoms with Gasteiger partial charge in [-0.05, 0) is 30.2 Å². The van der Waals surface area contributed by atoms with Gasteiger partial charge in [-0.15, -0.1) is 0 Å². The lowest BCUT2D eigenvalue weighted by atomic mass is 9.80. The molecule has 11 nitrogen and oxygen atoms in total. The molecule has 0 aromatic heterocycles. The molecule has 4 rings (SSSR count). The van der Waals surface area contributed by atoms with E-state index in [-0.39, 0.29) is 53.1 Å². The molecule has 0 amide bonds. The number of benzene rings is 2. The Balaban J connectivity index is 1.51. The average Bonchev–Trinajstić information content (AvgIpc) is 3.74. The molecule has 11 heteroatoms. The number of dihydropyridines is 1. The van der Waals surface area contributed by atoms with Crippen LogP contribution in [0.2, 0.25) is 0 Å². The van der Waals surface area contributed by atoms with Crippen molar-refractivity contribution in [3.8, 4) is 11.8 Å². The molecule has 0 saturated carbocycles. The van der Waals surface area contributed by atoms with Crippen molar-refractivity contribution in [3.63, 3.8) is 0 Å². The fourth-order valence-corrected chi connectivity index (χ4v) is 4.21. The molecule has 2 aliphatic rings. The van der Waals surface area contributed by atoms with Crippen LogP contribution in [0, 0.1) is 21.4 Å². The van der Waals surface area contributed by atoms with E-state index in [0.29, 0.717) is 5.75 Å². The topological polar surface area (TPSA) is 153 Å². The summed E-state index contributed by atoms with van der Waals surface area (Å²) in [6.07, 6.45) is 1.14. The van der Waals surface area contributed by atoms with Crippen LogP contribution in [0.15, 0.2) is 71.1 Å². The predicted molar refractivity (Wildman–Crippen MR) is 133 cm³/mol. The van der Waals surface area contributed by atoms with Crippen molar-refractivity contribution in [1.29, 1.82) is 5.26 Å². The lowest BCUT2D eigenvalue weighted by Gasteiger charge is -2.29. The van der Waals surface area contributed by atoms with Crippen molar-refractivity contribution in [2.45, 2.75) is 25.4 Å². The number of nitro groups is 1. The highest BCUT2D eigenvalue weighted by atomic mass is 16.6. The summed E-state index contributed by atoms with van der Waals surface area (Å²) < 4.78 is 21.2. The Kier molecular flexibility index (Phi) is 8.03. The molecule has 1 fully saturated rings. The number of ether oxygens (including phenoxy) is 4. The molecule has 2 aromatic carbocycles. The summed E-state index contributed by atoms with van der Waals surface area (Å²) >= 11 is 0. The van der Waals surface area contributed by atoms with Gasteiger partial charge in [0, 0.05) is 24.3 Å². The first-order chi connectivity index (χ1) is 18.3. The lowest BCUT2D eigenvalue weighted by Crippen LogP contribution is -2.33. The number of hydrogen-bond acceptors (Lipinski definition) is 10. The number of carbonyl (C=O) groups is 2. The van der Waals surface area contributed by atoms with Crippen molar-refractivity contribution in [3.05, 3.63) is 92.3 Å². The molecular formula is C27H25N3O8. The highest BCUT2D eigenvalue weighted by Crippen LogP contribution is 2.40. The van der Waals surface area contributed by atoms with Crippen molar-refractivity contribution < 1.29 is 33.5 Å². The maximum Gasteiger partial charge on any atom is 0.337 e. The summed E-state index contributed by atoms with van der Waals surface area (Å²) in [5, 5.41) is 23.8. The highest BCUT2D eigenvalue weighted by Gasteiger charge is 2.39. The van der Waals surface area contributed by atoms with Gasteiger partial charge in [0.15, 0.2) is 0 Å². The third kappa shape index (κ3) is 5.99. The second kappa shape index (κ2) is 11.6. The van der Waals surface area contributed by atoms with Crippen molar-refractivity contribution in [2.24, 2.45) is 0 Å². The fraction of sp³-hybridized carbons (Fsp3) is 0.296. The summed E-state index contributed by atoms with van der Waals surface area (Å²) in [7, 11) is 1.14. The Morgan fingerprint density at radius 1 is 1.16 bits per heavy atom. The number of methoxy groups -OCH3 is 1. The van der Waals surface area contributed by atoms with E-state index in [1.807, 2.05) is 30.3 Å². The zero-order valence-electron chi connectivity index (χ0n) is 20.8. The molecule has 0 spiro atoms. The van der Waals surface area contributed by atoms with Crippen molar-refractivity contribution in [2.75, 3.05) is 26.9 Å². The number of nitriles is 1. The fourth-order valence-electron chi connectivity index (χ4n) is 4.21. The van der Waals surface area contributed by atoms with Crippen LogP contribution in [0.3, 0.4) is 0 Å². The van der Waals surface area contributed by atoms with Gasteiger partial charge in [0.1, 0.15) is 30.7 Å². The summed E-state index contributed by atoms with van der Waals surface area (Å²) in [5.41, 5.74) is 1.18. The van der Waals surface area contributed by atoms with E-state index in [2.05, 4.69) is 5.32 Å². The molecule has 1 N–H and O–H groups in total. The van der Waals surface area contributed by atoms with Crippen molar-refractivity contribution in [1.82, 2.24) is 5.32 Å². The van der Waals surface area contributed by atoms with E-state index in [4.69, 9.17) is 18.9 Å². The van der Waals surface area contributed by atoms with Crippen LogP contribution >= 0.6 is 0 Å². The van der Waals surface area contributed by atoms with Gasteiger partial charge in [-0.25, -0.2) is 9.59 Å². The first-order valence-corrected chi connectivity index (χ1v) is 11.8. The van der Waals surface area contributed by atoms with Crippen LogP contribution in [0.5, 0.6) is 5.75 Å². The van der Waals surface area contributed by atoms with Gasteiger partial charge in [-0.3, -0.25) is 10.1 Å². The number of hydrogen-bond donors (Lipinski definition) is 1. The maximum atomic E-state index is 13.2.